The zero-order chi connectivity index (χ0) is 21.0. The summed E-state index contributed by atoms with van der Waals surface area (Å²) in [6, 6.07) is 21.3. The first kappa shape index (κ1) is 19.4. The lowest BCUT2D eigenvalue weighted by Gasteiger charge is -2.22. The van der Waals surface area contributed by atoms with Gasteiger partial charge in [0, 0.05) is 23.3 Å². The summed E-state index contributed by atoms with van der Waals surface area (Å²) in [5, 5.41) is 15.4. The van der Waals surface area contributed by atoms with Crippen LogP contribution in [0, 0.1) is 0 Å². The van der Waals surface area contributed by atoms with Crippen molar-refractivity contribution in [1.29, 1.82) is 0 Å². The molecule has 1 aliphatic carbocycles. The fourth-order valence-corrected chi connectivity index (χ4v) is 4.25. The van der Waals surface area contributed by atoms with Crippen LogP contribution in [0.15, 0.2) is 79.1 Å². The van der Waals surface area contributed by atoms with E-state index in [9.17, 15) is 5.11 Å². The van der Waals surface area contributed by atoms with Gasteiger partial charge >= 0.3 is 0 Å². The third kappa shape index (κ3) is 4.17. The zero-order valence-corrected chi connectivity index (χ0v) is 17.2. The Bertz CT molecular complexity index is 1160. The first-order valence-corrected chi connectivity index (χ1v) is 10.8. The molecule has 2 aromatic carbocycles. The number of phenols is 1. The molecule has 0 radical (unpaired) electrons. The van der Waals surface area contributed by atoms with Gasteiger partial charge in [0.15, 0.2) is 0 Å². The van der Waals surface area contributed by atoms with Gasteiger partial charge < -0.3 is 15.2 Å². The molecule has 1 unspecified atom stereocenters. The predicted octanol–water partition coefficient (Wildman–Crippen LogP) is 5.86. The number of nitrogens with zero attached hydrogens (tertiary/aromatic N) is 2. The van der Waals surface area contributed by atoms with E-state index in [1.165, 1.54) is 12.8 Å². The number of phenolic OH excluding ortho intramolecular Hbond substituents is 1. The van der Waals surface area contributed by atoms with Crippen molar-refractivity contribution in [3.63, 3.8) is 0 Å². The Morgan fingerprint density at radius 2 is 1.68 bits per heavy atom. The number of benzene rings is 2. The standard InChI is InChI=1S/C26H25N3O2/c30-26-22(15-12-18-6-5-17-28-25(18)26)24(29-23-9-3-4-16-27-23)19-10-13-21(14-11-19)31-20-7-1-2-8-20/h3-6,9-17,20,24,30H,1-2,7-8H2,(H,27,29). The van der Waals surface area contributed by atoms with Gasteiger partial charge in [-0.3, -0.25) is 4.98 Å². The fraction of sp³-hybridized carbons (Fsp3) is 0.231. The van der Waals surface area contributed by atoms with Crippen LogP contribution in [0.2, 0.25) is 0 Å². The molecule has 1 aliphatic rings. The van der Waals surface area contributed by atoms with E-state index in [0.717, 1.165) is 40.9 Å². The minimum Gasteiger partial charge on any atom is -0.505 e. The van der Waals surface area contributed by atoms with Crippen LogP contribution in [0.25, 0.3) is 10.9 Å². The van der Waals surface area contributed by atoms with Gasteiger partial charge in [-0.05, 0) is 61.6 Å². The molecule has 0 saturated heterocycles. The number of aromatic nitrogens is 2. The molecule has 2 N–H and O–H groups in total. The van der Waals surface area contributed by atoms with Crippen molar-refractivity contribution in [2.75, 3.05) is 5.32 Å². The number of aromatic hydroxyl groups is 1. The van der Waals surface area contributed by atoms with Crippen molar-refractivity contribution >= 4 is 16.7 Å². The maximum Gasteiger partial charge on any atom is 0.147 e. The van der Waals surface area contributed by atoms with Crippen molar-refractivity contribution in [2.24, 2.45) is 0 Å². The minimum absolute atomic E-state index is 0.179. The molecule has 5 nitrogen and oxygen atoms in total. The van der Waals surface area contributed by atoms with Crippen molar-refractivity contribution in [2.45, 2.75) is 37.8 Å². The molecule has 0 spiro atoms. The molecule has 156 valence electrons. The van der Waals surface area contributed by atoms with Crippen molar-refractivity contribution < 1.29 is 9.84 Å². The second kappa shape index (κ2) is 8.64. The monoisotopic (exact) mass is 411 g/mol. The Kier molecular flexibility index (Phi) is 5.40. The van der Waals surface area contributed by atoms with Crippen LogP contribution in [0.4, 0.5) is 5.82 Å². The lowest BCUT2D eigenvalue weighted by atomic mass is 9.96. The minimum atomic E-state index is -0.290. The molecule has 4 aromatic rings. The van der Waals surface area contributed by atoms with Gasteiger partial charge in [-0.2, -0.15) is 0 Å². The maximum atomic E-state index is 11.1. The van der Waals surface area contributed by atoms with E-state index in [4.69, 9.17) is 4.74 Å². The van der Waals surface area contributed by atoms with E-state index >= 15 is 0 Å². The Balaban J connectivity index is 1.51. The highest BCUT2D eigenvalue weighted by atomic mass is 16.5. The fourth-order valence-electron chi connectivity index (χ4n) is 4.25. The summed E-state index contributed by atoms with van der Waals surface area (Å²) in [5.74, 6) is 1.80. The summed E-state index contributed by atoms with van der Waals surface area (Å²) < 4.78 is 6.12. The van der Waals surface area contributed by atoms with Gasteiger partial charge in [0.2, 0.25) is 0 Å². The molecule has 5 heteroatoms. The molecule has 5 rings (SSSR count). The molecule has 2 aromatic heterocycles. The molecule has 0 bridgehead atoms. The Hall–Kier alpha value is -3.60. The zero-order valence-electron chi connectivity index (χ0n) is 17.2. The van der Waals surface area contributed by atoms with Gasteiger partial charge in [0.25, 0.3) is 0 Å². The molecule has 2 heterocycles. The normalized spacial score (nSPS) is 15.1. The largest absolute Gasteiger partial charge is 0.505 e. The molecule has 1 fully saturated rings. The quantitative estimate of drug-likeness (QED) is 0.416. The first-order valence-electron chi connectivity index (χ1n) is 10.8. The summed E-state index contributed by atoms with van der Waals surface area (Å²) in [6.07, 6.45) is 8.51. The summed E-state index contributed by atoms with van der Waals surface area (Å²) >= 11 is 0. The smallest absolute Gasteiger partial charge is 0.147 e. The summed E-state index contributed by atoms with van der Waals surface area (Å²) in [6.45, 7) is 0. The topological polar surface area (TPSA) is 67.3 Å². The van der Waals surface area contributed by atoms with Crippen LogP contribution in [0.1, 0.15) is 42.9 Å². The van der Waals surface area contributed by atoms with Crippen LogP contribution < -0.4 is 10.1 Å². The van der Waals surface area contributed by atoms with Crippen LogP contribution in [-0.2, 0) is 0 Å². The van der Waals surface area contributed by atoms with Crippen LogP contribution in [0.5, 0.6) is 11.5 Å². The van der Waals surface area contributed by atoms with E-state index in [-0.39, 0.29) is 11.8 Å². The van der Waals surface area contributed by atoms with Crippen LogP contribution in [0.3, 0.4) is 0 Å². The number of fused-ring (bicyclic) bond motifs is 1. The summed E-state index contributed by atoms with van der Waals surface area (Å²) in [5.41, 5.74) is 2.35. The van der Waals surface area contributed by atoms with Gasteiger partial charge in [-0.1, -0.05) is 36.4 Å². The second-order valence-corrected chi connectivity index (χ2v) is 7.96. The molecule has 0 aliphatic heterocycles. The number of nitrogens with one attached hydrogen (secondary N) is 1. The Labute approximate surface area is 181 Å². The molecular formula is C26H25N3O2. The second-order valence-electron chi connectivity index (χ2n) is 7.96. The molecule has 1 saturated carbocycles. The molecule has 31 heavy (non-hydrogen) atoms. The van der Waals surface area contributed by atoms with Crippen molar-refractivity contribution in [3.05, 3.63) is 90.3 Å². The van der Waals surface area contributed by atoms with Crippen LogP contribution in [-0.4, -0.2) is 21.2 Å². The summed E-state index contributed by atoms with van der Waals surface area (Å²) in [7, 11) is 0. The average Bonchev–Trinajstić information content (AvgIpc) is 3.33. The lowest BCUT2D eigenvalue weighted by Crippen LogP contribution is -2.14. The lowest BCUT2D eigenvalue weighted by molar-refractivity contribution is 0.210. The third-order valence-corrected chi connectivity index (χ3v) is 5.87. The number of pyridine rings is 2. The van der Waals surface area contributed by atoms with E-state index in [1.807, 2.05) is 66.7 Å². The maximum absolute atomic E-state index is 11.1. The van der Waals surface area contributed by atoms with Crippen molar-refractivity contribution in [3.8, 4) is 11.5 Å². The van der Waals surface area contributed by atoms with Gasteiger partial charge in [0.1, 0.15) is 22.8 Å². The highest BCUT2D eigenvalue weighted by Gasteiger charge is 2.21. The highest BCUT2D eigenvalue weighted by molar-refractivity contribution is 5.86. The molecule has 0 amide bonds. The number of rotatable bonds is 6. The number of ether oxygens (including phenoxy) is 1. The van der Waals surface area contributed by atoms with Gasteiger partial charge in [-0.25, -0.2) is 4.98 Å². The number of hydrogen-bond acceptors (Lipinski definition) is 5. The van der Waals surface area contributed by atoms with Crippen molar-refractivity contribution in [1.82, 2.24) is 9.97 Å². The Morgan fingerprint density at radius 1 is 0.871 bits per heavy atom. The highest BCUT2D eigenvalue weighted by Crippen LogP contribution is 2.36. The molecule has 1 atom stereocenters. The summed E-state index contributed by atoms with van der Waals surface area (Å²) in [4.78, 5) is 8.80. The van der Waals surface area contributed by atoms with E-state index in [2.05, 4.69) is 15.3 Å². The van der Waals surface area contributed by atoms with E-state index in [1.54, 1.807) is 12.4 Å². The van der Waals surface area contributed by atoms with Gasteiger partial charge in [-0.15, -0.1) is 0 Å². The number of hydrogen-bond donors (Lipinski definition) is 2. The SMILES string of the molecule is Oc1c(C(Nc2ccccn2)c2ccc(OC3CCCC3)cc2)ccc2cccnc12. The molecular weight excluding hydrogens is 386 g/mol. The predicted molar refractivity (Wildman–Crippen MR) is 122 cm³/mol. The van der Waals surface area contributed by atoms with Crippen LogP contribution >= 0.6 is 0 Å². The number of anilines is 1. The van der Waals surface area contributed by atoms with E-state index < -0.39 is 0 Å². The Morgan fingerprint density at radius 3 is 2.45 bits per heavy atom. The van der Waals surface area contributed by atoms with Gasteiger partial charge in [0.05, 0.1) is 12.1 Å². The van der Waals surface area contributed by atoms with E-state index in [0.29, 0.717) is 11.6 Å². The third-order valence-electron chi connectivity index (χ3n) is 5.87. The average molecular weight is 412 g/mol. The first-order chi connectivity index (χ1) is 15.3.